The van der Waals surface area contributed by atoms with Crippen LogP contribution >= 0.6 is 27.7 Å². The lowest BCUT2D eigenvalue weighted by atomic mass is 10.2. The number of halogens is 1. The topological polar surface area (TPSA) is 55.1 Å². The normalized spacial score (nSPS) is 10.3. The molecule has 0 spiro atoms. The van der Waals surface area contributed by atoms with Crippen LogP contribution in [0.1, 0.15) is 12.8 Å². The van der Waals surface area contributed by atoms with Crippen LogP contribution in [0.4, 0.5) is 11.4 Å². The molecule has 0 saturated heterocycles. The fourth-order valence-corrected chi connectivity index (χ4v) is 2.89. The molecule has 3 N–H and O–H groups in total. The molecule has 1 amide bonds. The van der Waals surface area contributed by atoms with Crippen molar-refractivity contribution in [2.24, 2.45) is 0 Å². The number of carbonyl (C=O) groups excluding carboxylic acids is 1. The molecule has 0 saturated carbocycles. The highest BCUT2D eigenvalue weighted by atomic mass is 79.9. The third kappa shape index (κ3) is 5.44. The number of thioether (sulfide) groups is 1. The van der Waals surface area contributed by atoms with Gasteiger partial charge in [-0.15, -0.1) is 11.8 Å². The van der Waals surface area contributed by atoms with Gasteiger partial charge in [-0.05, 0) is 48.6 Å². The van der Waals surface area contributed by atoms with Crippen LogP contribution in [0.15, 0.2) is 57.9 Å². The highest BCUT2D eigenvalue weighted by Gasteiger charge is 2.04. The molecule has 0 unspecified atom stereocenters. The number of carbonyl (C=O) groups is 1. The second kappa shape index (κ2) is 8.10. The molecule has 0 bridgehead atoms. The molecule has 2 aromatic carbocycles. The molecule has 0 aliphatic rings. The molecule has 2 rings (SSSR count). The summed E-state index contributed by atoms with van der Waals surface area (Å²) in [5.74, 6) is 0.920. The number of hydrogen-bond donors (Lipinski definition) is 2. The van der Waals surface area contributed by atoms with Gasteiger partial charge in [-0.1, -0.05) is 28.1 Å². The van der Waals surface area contributed by atoms with Gasteiger partial charge in [0.05, 0.1) is 11.4 Å². The number of nitrogen functional groups attached to an aromatic ring is 1. The molecule has 5 heteroatoms. The quantitative estimate of drug-likeness (QED) is 0.449. The Morgan fingerprint density at radius 2 is 1.86 bits per heavy atom. The van der Waals surface area contributed by atoms with Crippen molar-refractivity contribution in [3.8, 4) is 0 Å². The van der Waals surface area contributed by atoms with Crippen LogP contribution in [0, 0.1) is 0 Å². The predicted molar refractivity (Wildman–Crippen MR) is 93.6 cm³/mol. The highest BCUT2D eigenvalue weighted by Crippen LogP contribution is 2.22. The van der Waals surface area contributed by atoms with Crippen LogP contribution in [0.5, 0.6) is 0 Å². The van der Waals surface area contributed by atoms with E-state index >= 15 is 0 Å². The van der Waals surface area contributed by atoms with Gasteiger partial charge < -0.3 is 11.1 Å². The summed E-state index contributed by atoms with van der Waals surface area (Å²) in [7, 11) is 0. The first kappa shape index (κ1) is 15.9. The van der Waals surface area contributed by atoms with Gasteiger partial charge in [0, 0.05) is 15.8 Å². The molecule has 0 aliphatic heterocycles. The van der Waals surface area contributed by atoms with E-state index in [1.165, 1.54) is 4.90 Å². The molecular weight excluding hydrogens is 348 g/mol. The number of nitrogens with two attached hydrogens (primary N) is 1. The monoisotopic (exact) mass is 364 g/mol. The zero-order valence-corrected chi connectivity index (χ0v) is 13.9. The Morgan fingerprint density at radius 1 is 1.14 bits per heavy atom. The zero-order valence-electron chi connectivity index (χ0n) is 11.5. The van der Waals surface area contributed by atoms with E-state index in [2.05, 4.69) is 33.4 Å². The van der Waals surface area contributed by atoms with Crippen LogP contribution in [-0.4, -0.2) is 11.7 Å². The van der Waals surface area contributed by atoms with Gasteiger partial charge in [0.25, 0.3) is 0 Å². The summed E-state index contributed by atoms with van der Waals surface area (Å²) in [6.45, 7) is 0. The smallest absolute Gasteiger partial charge is 0.224 e. The Bertz CT molecular complexity index is 601. The number of nitrogens with one attached hydrogen (secondary N) is 1. The van der Waals surface area contributed by atoms with Gasteiger partial charge in [0.15, 0.2) is 0 Å². The van der Waals surface area contributed by atoms with Gasteiger partial charge >= 0.3 is 0 Å². The second-order valence-electron chi connectivity index (χ2n) is 4.54. The lowest BCUT2D eigenvalue weighted by Crippen LogP contribution is -2.12. The van der Waals surface area contributed by atoms with E-state index in [0.717, 1.165) is 16.6 Å². The minimum Gasteiger partial charge on any atom is -0.397 e. The molecule has 0 fully saturated rings. The number of benzene rings is 2. The van der Waals surface area contributed by atoms with Crippen molar-refractivity contribution in [3.63, 3.8) is 0 Å². The maximum absolute atomic E-state index is 11.8. The third-order valence-electron chi connectivity index (χ3n) is 2.87. The first-order chi connectivity index (χ1) is 10.1. The van der Waals surface area contributed by atoms with E-state index in [9.17, 15) is 4.79 Å². The third-order valence-corrected chi connectivity index (χ3v) is 4.49. The summed E-state index contributed by atoms with van der Waals surface area (Å²) in [6.07, 6.45) is 1.33. The average molecular weight is 365 g/mol. The minimum absolute atomic E-state index is 0.00399. The summed E-state index contributed by atoms with van der Waals surface area (Å²) in [5, 5.41) is 2.84. The van der Waals surface area contributed by atoms with Crippen LogP contribution in [0.3, 0.4) is 0 Å². The van der Waals surface area contributed by atoms with Crippen molar-refractivity contribution in [1.82, 2.24) is 0 Å². The Kier molecular flexibility index (Phi) is 6.14. The number of anilines is 2. The number of hydrogen-bond acceptors (Lipinski definition) is 3. The summed E-state index contributed by atoms with van der Waals surface area (Å²) < 4.78 is 1.08. The van der Waals surface area contributed by atoms with E-state index in [1.807, 2.05) is 30.3 Å². The van der Waals surface area contributed by atoms with E-state index < -0.39 is 0 Å². The van der Waals surface area contributed by atoms with Crippen molar-refractivity contribution >= 4 is 45.0 Å². The Hall–Kier alpha value is -1.46. The zero-order chi connectivity index (χ0) is 15.1. The molecule has 0 aromatic heterocycles. The number of para-hydroxylation sites is 2. The summed E-state index contributed by atoms with van der Waals surface area (Å²) >= 11 is 5.17. The molecule has 0 aliphatic carbocycles. The molecule has 3 nitrogen and oxygen atoms in total. The Labute approximate surface area is 137 Å². The standard InChI is InChI=1S/C16H17BrN2OS/c17-12-7-9-13(10-8-12)21-11-3-6-16(20)19-15-5-2-1-4-14(15)18/h1-2,4-5,7-10H,3,6,11,18H2,(H,19,20). The maximum Gasteiger partial charge on any atom is 0.224 e. The molecule has 21 heavy (non-hydrogen) atoms. The van der Waals surface area contributed by atoms with E-state index in [1.54, 1.807) is 17.8 Å². The molecule has 110 valence electrons. The largest absolute Gasteiger partial charge is 0.397 e. The molecule has 0 atom stereocenters. The fourth-order valence-electron chi connectivity index (χ4n) is 1.78. The highest BCUT2D eigenvalue weighted by molar-refractivity contribution is 9.10. The number of amides is 1. The van der Waals surface area contributed by atoms with Gasteiger partial charge in [0.1, 0.15) is 0 Å². The van der Waals surface area contributed by atoms with Gasteiger partial charge in [-0.3, -0.25) is 4.79 Å². The van der Waals surface area contributed by atoms with Crippen LogP contribution in [0.2, 0.25) is 0 Å². The van der Waals surface area contributed by atoms with Crippen molar-refractivity contribution in [2.75, 3.05) is 16.8 Å². The second-order valence-corrected chi connectivity index (χ2v) is 6.63. The van der Waals surface area contributed by atoms with E-state index in [0.29, 0.717) is 17.8 Å². The van der Waals surface area contributed by atoms with Crippen molar-refractivity contribution in [1.29, 1.82) is 0 Å². The fraction of sp³-hybridized carbons (Fsp3) is 0.188. The summed E-state index contributed by atoms with van der Waals surface area (Å²) in [5.41, 5.74) is 7.07. The first-order valence-electron chi connectivity index (χ1n) is 6.68. The van der Waals surface area contributed by atoms with Crippen LogP contribution < -0.4 is 11.1 Å². The molecular formula is C16H17BrN2OS. The maximum atomic E-state index is 11.8. The van der Waals surface area contributed by atoms with E-state index in [-0.39, 0.29) is 5.91 Å². The van der Waals surface area contributed by atoms with Gasteiger partial charge in [-0.2, -0.15) is 0 Å². The Balaban J connectivity index is 1.70. The first-order valence-corrected chi connectivity index (χ1v) is 8.46. The van der Waals surface area contributed by atoms with Crippen molar-refractivity contribution in [3.05, 3.63) is 53.0 Å². The van der Waals surface area contributed by atoms with Crippen molar-refractivity contribution < 1.29 is 4.79 Å². The lowest BCUT2D eigenvalue weighted by molar-refractivity contribution is -0.116. The molecule has 0 radical (unpaired) electrons. The van der Waals surface area contributed by atoms with Crippen LogP contribution in [-0.2, 0) is 4.79 Å². The van der Waals surface area contributed by atoms with Crippen molar-refractivity contribution in [2.45, 2.75) is 17.7 Å². The average Bonchev–Trinajstić information content (AvgIpc) is 2.48. The Morgan fingerprint density at radius 3 is 2.57 bits per heavy atom. The van der Waals surface area contributed by atoms with Crippen LogP contribution in [0.25, 0.3) is 0 Å². The minimum atomic E-state index is 0.00399. The molecule has 0 heterocycles. The summed E-state index contributed by atoms with van der Waals surface area (Å²) in [4.78, 5) is 13.1. The molecule has 2 aromatic rings. The number of rotatable bonds is 6. The van der Waals surface area contributed by atoms with Gasteiger partial charge in [0.2, 0.25) is 5.91 Å². The van der Waals surface area contributed by atoms with Gasteiger partial charge in [-0.25, -0.2) is 0 Å². The summed E-state index contributed by atoms with van der Waals surface area (Å²) in [6, 6.07) is 15.5. The van der Waals surface area contributed by atoms with E-state index in [4.69, 9.17) is 5.73 Å². The predicted octanol–water partition coefficient (Wildman–Crippen LogP) is 4.54. The lowest BCUT2D eigenvalue weighted by Gasteiger charge is -2.07. The SMILES string of the molecule is Nc1ccccc1NC(=O)CCCSc1ccc(Br)cc1.